The number of para-hydroxylation sites is 1. The smallest absolute Gasteiger partial charge is 0.249 e. The molecule has 2 amide bonds. The molecule has 0 radical (unpaired) electrons. The third-order valence-corrected chi connectivity index (χ3v) is 5.11. The van der Waals surface area contributed by atoms with Crippen LogP contribution in [-0.2, 0) is 9.59 Å². The molecule has 1 aromatic rings. The number of anilines is 1. The maximum atomic E-state index is 14.0. The van der Waals surface area contributed by atoms with Gasteiger partial charge in [-0.25, -0.2) is 4.39 Å². The summed E-state index contributed by atoms with van der Waals surface area (Å²) in [5, 5.41) is 3.33. The Balaban J connectivity index is 0.00000225. The van der Waals surface area contributed by atoms with E-state index in [9.17, 15) is 14.0 Å². The minimum atomic E-state index is -0.498. The quantitative estimate of drug-likeness (QED) is 0.888. The number of rotatable bonds is 3. The zero-order valence-electron chi connectivity index (χ0n) is 14.6. The molecule has 1 N–H and O–H groups in total. The first-order valence-electron chi connectivity index (χ1n) is 8.55. The van der Waals surface area contributed by atoms with E-state index in [1.165, 1.54) is 11.0 Å². The van der Waals surface area contributed by atoms with Crippen molar-refractivity contribution >= 4 is 29.9 Å². The summed E-state index contributed by atoms with van der Waals surface area (Å²) in [5.41, 5.74) is 0.293. The molecular weight excluding hydrogens is 345 g/mol. The van der Waals surface area contributed by atoms with Crippen LogP contribution in [0.5, 0.6) is 0 Å². The molecule has 25 heavy (non-hydrogen) atoms. The summed E-state index contributed by atoms with van der Waals surface area (Å²) in [5.74, 6) is -0.621. The van der Waals surface area contributed by atoms with Crippen molar-refractivity contribution in [2.24, 2.45) is 5.92 Å². The molecular formula is C18H25ClFN3O2. The van der Waals surface area contributed by atoms with Gasteiger partial charge in [-0.3, -0.25) is 9.59 Å². The second kappa shape index (κ2) is 8.15. The minimum Gasteiger partial charge on any atom is -0.333 e. The van der Waals surface area contributed by atoms with Gasteiger partial charge in [-0.15, -0.1) is 12.4 Å². The minimum absolute atomic E-state index is 0. The van der Waals surface area contributed by atoms with E-state index >= 15 is 0 Å². The van der Waals surface area contributed by atoms with Gasteiger partial charge in [0.15, 0.2) is 0 Å². The molecule has 0 bridgehead atoms. The van der Waals surface area contributed by atoms with Crippen molar-refractivity contribution in [3.8, 4) is 0 Å². The highest BCUT2D eigenvalue weighted by atomic mass is 35.5. The Bertz CT molecular complexity index is 643. The lowest BCUT2D eigenvalue weighted by atomic mass is 9.91. The van der Waals surface area contributed by atoms with Crippen LogP contribution in [0.3, 0.4) is 0 Å². The summed E-state index contributed by atoms with van der Waals surface area (Å²) in [6.45, 7) is 3.33. The third-order valence-electron chi connectivity index (χ3n) is 5.11. The molecule has 7 heteroatoms. The number of carbonyl (C=O) groups excluding carboxylic acids is 2. The van der Waals surface area contributed by atoms with Gasteiger partial charge in [-0.2, -0.15) is 0 Å². The zero-order chi connectivity index (χ0) is 17.3. The van der Waals surface area contributed by atoms with Crippen LogP contribution in [0.25, 0.3) is 0 Å². The van der Waals surface area contributed by atoms with Crippen LogP contribution in [0.4, 0.5) is 10.1 Å². The molecule has 1 unspecified atom stereocenters. The van der Waals surface area contributed by atoms with Crippen LogP contribution in [0.2, 0.25) is 0 Å². The summed E-state index contributed by atoms with van der Waals surface area (Å²) in [4.78, 5) is 28.5. The van der Waals surface area contributed by atoms with Gasteiger partial charge in [0, 0.05) is 25.6 Å². The van der Waals surface area contributed by atoms with Crippen LogP contribution >= 0.6 is 12.4 Å². The summed E-state index contributed by atoms with van der Waals surface area (Å²) >= 11 is 0. The predicted octanol–water partition coefficient (Wildman–Crippen LogP) is 2.20. The summed E-state index contributed by atoms with van der Waals surface area (Å²) < 4.78 is 14.0. The number of halogens is 2. The highest BCUT2D eigenvalue weighted by Gasteiger charge is 2.40. The Morgan fingerprint density at radius 1 is 1.32 bits per heavy atom. The maximum absolute atomic E-state index is 14.0. The number of benzene rings is 1. The van der Waals surface area contributed by atoms with E-state index in [1.807, 2.05) is 0 Å². The Labute approximate surface area is 154 Å². The normalized spacial score (nSPS) is 26.3. The molecule has 2 saturated heterocycles. The number of nitrogens with zero attached hydrogens (tertiary/aromatic N) is 2. The van der Waals surface area contributed by atoms with Gasteiger partial charge in [0.1, 0.15) is 11.9 Å². The first kappa shape index (κ1) is 19.7. The number of hydrogen-bond acceptors (Lipinski definition) is 3. The molecule has 2 aliphatic heterocycles. The van der Waals surface area contributed by atoms with Crippen LogP contribution in [0, 0.1) is 11.7 Å². The SMILES string of the molecule is C[C@H]1C[C@@H](C(=O)N(C)C2CCN(c3ccccc3F)C2=O)CCN1.Cl. The Morgan fingerprint density at radius 2 is 2.04 bits per heavy atom. The topological polar surface area (TPSA) is 52.7 Å². The van der Waals surface area contributed by atoms with Gasteiger partial charge in [0.25, 0.3) is 0 Å². The molecule has 138 valence electrons. The Morgan fingerprint density at radius 3 is 2.72 bits per heavy atom. The van der Waals surface area contributed by atoms with Crippen molar-refractivity contribution in [1.82, 2.24) is 10.2 Å². The van der Waals surface area contributed by atoms with Gasteiger partial charge >= 0.3 is 0 Å². The summed E-state index contributed by atoms with van der Waals surface area (Å²) in [6.07, 6.45) is 2.13. The van der Waals surface area contributed by atoms with E-state index in [2.05, 4.69) is 12.2 Å². The number of carbonyl (C=O) groups is 2. The number of likely N-dealkylation sites (N-methyl/N-ethyl adjacent to an activating group) is 1. The molecule has 0 aromatic heterocycles. The van der Waals surface area contributed by atoms with E-state index in [0.29, 0.717) is 24.7 Å². The van der Waals surface area contributed by atoms with Crippen molar-refractivity contribution in [1.29, 1.82) is 0 Å². The second-order valence-corrected chi connectivity index (χ2v) is 6.77. The van der Waals surface area contributed by atoms with E-state index in [-0.39, 0.29) is 30.1 Å². The molecule has 0 spiro atoms. The van der Waals surface area contributed by atoms with Gasteiger partial charge < -0.3 is 15.1 Å². The fourth-order valence-electron chi connectivity index (χ4n) is 3.73. The molecule has 2 heterocycles. The number of piperidine rings is 1. The highest BCUT2D eigenvalue weighted by Crippen LogP contribution is 2.28. The van der Waals surface area contributed by atoms with Gasteiger partial charge in [0.2, 0.25) is 11.8 Å². The average Bonchev–Trinajstić information content (AvgIpc) is 2.95. The van der Waals surface area contributed by atoms with Crippen molar-refractivity contribution < 1.29 is 14.0 Å². The monoisotopic (exact) mass is 369 g/mol. The number of hydrogen-bond donors (Lipinski definition) is 1. The average molecular weight is 370 g/mol. The van der Waals surface area contributed by atoms with Gasteiger partial charge in [-0.1, -0.05) is 12.1 Å². The first-order valence-corrected chi connectivity index (χ1v) is 8.55. The standard InChI is InChI=1S/C18H24FN3O2.ClH/c1-12-11-13(7-9-20-12)17(23)21(2)16-8-10-22(18(16)24)15-6-4-3-5-14(15)19;/h3-6,12-13,16,20H,7-11H2,1-2H3;1H/t12-,13-,16?;/m0./s1. The molecule has 3 atom stereocenters. The molecule has 0 saturated carbocycles. The second-order valence-electron chi connectivity index (χ2n) is 6.77. The summed E-state index contributed by atoms with van der Waals surface area (Å²) in [6, 6.07) is 6.08. The molecule has 5 nitrogen and oxygen atoms in total. The van der Waals surface area contributed by atoms with Gasteiger partial charge in [0.05, 0.1) is 5.69 Å². The lowest BCUT2D eigenvalue weighted by molar-refractivity contribution is -0.141. The Kier molecular flexibility index (Phi) is 6.41. The van der Waals surface area contributed by atoms with Crippen LogP contribution in [0.1, 0.15) is 26.2 Å². The highest BCUT2D eigenvalue weighted by molar-refractivity contribution is 6.01. The van der Waals surface area contributed by atoms with Crippen LogP contribution in [0.15, 0.2) is 24.3 Å². The maximum Gasteiger partial charge on any atom is 0.249 e. The number of nitrogens with one attached hydrogen (secondary N) is 1. The predicted molar refractivity (Wildman–Crippen MR) is 97.4 cm³/mol. The van der Waals surface area contributed by atoms with E-state index in [4.69, 9.17) is 0 Å². The summed E-state index contributed by atoms with van der Waals surface area (Å²) in [7, 11) is 1.70. The van der Waals surface area contributed by atoms with Crippen molar-refractivity contribution in [2.75, 3.05) is 25.0 Å². The van der Waals surface area contributed by atoms with Crippen molar-refractivity contribution in [3.63, 3.8) is 0 Å². The van der Waals surface area contributed by atoms with Crippen molar-refractivity contribution in [3.05, 3.63) is 30.1 Å². The lowest BCUT2D eigenvalue weighted by Gasteiger charge is -2.32. The molecule has 2 fully saturated rings. The fraction of sp³-hybridized carbons (Fsp3) is 0.556. The zero-order valence-corrected chi connectivity index (χ0v) is 15.4. The first-order chi connectivity index (χ1) is 11.5. The van der Waals surface area contributed by atoms with E-state index in [1.54, 1.807) is 30.1 Å². The van der Waals surface area contributed by atoms with Crippen LogP contribution in [-0.4, -0.2) is 48.9 Å². The fourth-order valence-corrected chi connectivity index (χ4v) is 3.73. The third kappa shape index (κ3) is 3.96. The number of amides is 2. The van der Waals surface area contributed by atoms with E-state index in [0.717, 1.165) is 19.4 Å². The molecule has 3 rings (SSSR count). The van der Waals surface area contributed by atoms with E-state index < -0.39 is 11.9 Å². The Hall–Kier alpha value is -1.66. The molecule has 1 aromatic carbocycles. The van der Waals surface area contributed by atoms with Crippen LogP contribution < -0.4 is 10.2 Å². The largest absolute Gasteiger partial charge is 0.333 e. The molecule has 2 aliphatic rings. The lowest BCUT2D eigenvalue weighted by Crippen LogP contribution is -2.48. The van der Waals surface area contributed by atoms with Crippen molar-refractivity contribution in [2.45, 2.75) is 38.3 Å². The molecule has 0 aliphatic carbocycles. The van der Waals surface area contributed by atoms with Gasteiger partial charge in [-0.05, 0) is 44.9 Å².